The van der Waals surface area contributed by atoms with Crippen LogP contribution >= 0.6 is 0 Å². The summed E-state index contributed by atoms with van der Waals surface area (Å²) >= 11 is 0. The van der Waals surface area contributed by atoms with Crippen molar-refractivity contribution in [3.8, 4) is 0 Å². The Labute approximate surface area is 210 Å². The van der Waals surface area contributed by atoms with Crippen molar-refractivity contribution < 1.29 is 39.6 Å². The molecule has 0 saturated heterocycles. The van der Waals surface area contributed by atoms with E-state index in [1.807, 2.05) is 0 Å². The van der Waals surface area contributed by atoms with E-state index in [-0.39, 0.29) is 118 Å². The molecule has 0 aliphatic rings. The molecule has 0 aromatic rings. The van der Waals surface area contributed by atoms with Crippen LogP contribution in [-0.4, -0.2) is 169 Å². The van der Waals surface area contributed by atoms with Gasteiger partial charge >= 0.3 is 130 Å². The number of hydrogen-bond acceptors (Lipinski definition) is 5. The quantitative estimate of drug-likeness (QED) is 0.323. The van der Waals surface area contributed by atoms with Crippen LogP contribution in [0.25, 0.3) is 0 Å². The van der Waals surface area contributed by atoms with E-state index in [0.29, 0.717) is 0 Å². The van der Waals surface area contributed by atoms with E-state index in [4.69, 9.17) is 35.7 Å². The average molecular weight is 349 g/mol. The monoisotopic (exact) mass is 349 g/mol. The molecular formula is C8H19NNa4O8. The minimum atomic E-state index is -1.29. The third-order valence-electron chi connectivity index (χ3n) is 0.712. The third-order valence-corrected chi connectivity index (χ3v) is 0.712. The number of rotatable bonds is 3. The SMILES string of the molecule is CC(=O)O.CC(=O)O.NC(CC(=O)O)C(=O)O.[NaH].[NaH].[NaH].[NaH]. The van der Waals surface area contributed by atoms with Gasteiger partial charge in [0.1, 0.15) is 6.04 Å². The van der Waals surface area contributed by atoms with Crippen LogP contribution in [0.5, 0.6) is 0 Å². The molecule has 0 bridgehead atoms. The van der Waals surface area contributed by atoms with Crippen molar-refractivity contribution in [3.05, 3.63) is 0 Å². The second kappa shape index (κ2) is 29.8. The van der Waals surface area contributed by atoms with Crippen molar-refractivity contribution in [1.82, 2.24) is 0 Å². The van der Waals surface area contributed by atoms with Crippen LogP contribution < -0.4 is 5.73 Å². The summed E-state index contributed by atoms with van der Waals surface area (Å²) in [6, 6.07) is -1.29. The van der Waals surface area contributed by atoms with Gasteiger partial charge in [-0.15, -0.1) is 0 Å². The molecule has 0 aliphatic heterocycles. The van der Waals surface area contributed by atoms with Crippen molar-refractivity contribution in [2.45, 2.75) is 26.3 Å². The fourth-order valence-corrected chi connectivity index (χ4v) is 0.275. The molecule has 0 aromatic heterocycles. The summed E-state index contributed by atoms with van der Waals surface area (Å²) in [6.07, 6.45) is -0.532. The Morgan fingerprint density at radius 1 is 0.810 bits per heavy atom. The Hall–Kier alpha value is 1.84. The van der Waals surface area contributed by atoms with Crippen LogP contribution in [0, 0.1) is 0 Å². The molecule has 6 N–H and O–H groups in total. The molecule has 0 aromatic carbocycles. The molecular weight excluding hydrogens is 330 g/mol. The molecule has 108 valence electrons. The molecule has 13 heteroatoms. The van der Waals surface area contributed by atoms with Gasteiger partial charge in [-0.1, -0.05) is 0 Å². The fraction of sp³-hybridized carbons (Fsp3) is 0.500. The van der Waals surface area contributed by atoms with Gasteiger partial charge in [0.2, 0.25) is 0 Å². The van der Waals surface area contributed by atoms with Crippen LogP contribution in [0.2, 0.25) is 0 Å². The number of carboxylic acids is 4. The van der Waals surface area contributed by atoms with Crippen molar-refractivity contribution in [2.75, 3.05) is 0 Å². The Balaban J connectivity index is -0.0000000285. The van der Waals surface area contributed by atoms with Crippen molar-refractivity contribution >= 4 is 142 Å². The Morgan fingerprint density at radius 2 is 1.00 bits per heavy atom. The first-order chi connectivity index (χ1) is 7.50. The minimum absolute atomic E-state index is 0. The van der Waals surface area contributed by atoms with Gasteiger partial charge in [-0.05, 0) is 0 Å². The first-order valence-electron chi connectivity index (χ1n) is 4.09. The molecule has 0 aliphatic carbocycles. The molecule has 0 heterocycles. The van der Waals surface area contributed by atoms with E-state index < -0.39 is 36.3 Å². The number of nitrogens with two attached hydrogens (primary N) is 1. The topological polar surface area (TPSA) is 175 Å². The Bertz CT molecular complexity index is 269. The van der Waals surface area contributed by atoms with E-state index in [9.17, 15) is 9.59 Å². The van der Waals surface area contributed by atoms with E-state index in [2.05, 4.69) is 0 Å². The average Bonchev–Trinajstić information content (AvgIpc) is 1.99. The molecule has 0 spiro atoms. The molecule has 0 rings (SSSR count). The maximum atomic E-state index is 9.85. The molecule has 0 fully saturated rings. The number of hydrogen-bond donors (Lipinski definition) is 5. The second-order valence-electron chi connectivity index (χ2n) is 2.58. The molecule has 0 saturated carbocycles. The standard InChI is InChI=1S/C4H7NO4.2C2H4O2.4Na.4H/c5-2(4(8)9)1-3(6)7;2*1-2(3)4;;;;;;;;/h2H,1,5H2,(H,6,7)(H,8,9);2*1H3,(H,3,4);;;;;;;;. The number of carboxylic acid groups (broad SMARTS) is 4. The molecule has 21 heavy (non-hydrogen) atoms. The normalized spacial score (nSPS) is 7.76. The van der Waals surface area contributed by atoms with Crippen LogP contribution in [0.15, 0.2) is 0 Å². The second-order valence-corrected chi connectivity index (χ2v) is 2.58. The van der Waals surface area contributed by atoms with Gasteiger partial charge in [0.15, 0.2) is 0 Å². The van der Waals surface area contributed by atoms with E-state index in [1.165, 1.54) is 0 Å². The van der Waals surface area contributed by atoms with Crippen LogP contribution in [0.3, 0.4) is 0 Å². The van der Waals surface area contributed by atoms with E-state index in [0.717, 1.165) is 13.8 Å². The van der Waals surface area contributed by atoms with Gasteiger partial charge < -0.3 is 26.2 Å². The van der Waals surface area contributed by atoms with Gasteiger partial charge in [0.05, 0.1) is 6.42 Å². The first-order valence-corrected chi connectivity index (χ1v) is 4.09. The zero-order valence-electron chi connectivity index (χ0n) is 9.28. The van der Waals surface area contributed by atoms with E-state index in [1.54, 1.807) is 0 Å². The van der Waals surface area contributed by atoms with Crippen LogP contribution in [0.1, 0.15) is 20.3 Å². The molecule has 0 radical (unpaired) electrons. The zero-order chi connectivity index (χ0) is 14.6. The van der Waals surface area contributed by atoms with E-state index >= 15 is 0 Å². The van der Waals surface area contributed by atoms with Crippen molar-refractivity contribution in [2.24, 2.45) is 5.73 Å². The summed E-state index contributed by atoms with van der Waals surface area (Å²) in [5, 5.41) is 30.9. The molecule has 1 atom stereocenters. The zero-order valence-corrected chi connectivity index (χ0v) is 9.28. The first kappa shape index (κ1) is 43.4. The molecule has 0 amide bonds. The summed E-state index contributed by atoms with van der Waals surface area (Å²) < 4.78 is 0. The number of aliphatic carboxylic acids is 4. The third kappa shape index (κ3) is 88.8. The van der Waals surface area contributed by atoms with Crippen molar-refractivity contribution in [3.63, 3.8) is 0 Å². The van der Waals surface area contributed by atoms with Crippen LogP contribution in [0.4, 0.5) is 0 Å². The summed E-state index contributed by atoms with van der Waals surface area (Å²) in [6.45, 7) is 2.17. The summed E-state index contributed by atoms with van der Waals surface area (Å²) in [7, 11) is 0. The Kier molecular flexibility index (Phi) is 61.6. The summed E-state index contributed by atoms with van der Waals surface area (Å²) in [5.41, 5.74) is 4.84. The fourth-order valence-electron chi connectivity index (χ4n) is 0.275. The van der Waals surface area contributed by atoms with Gasteiger partial charge in [-0.2, -0.15) is 0 Å². The predicted octanol–water partition coefficient (Wildman–Crippen LogP) is -3.54. The van der Waals surface area contributed by atoms with Gasteiger partial charge in [0.25, 0.3) is 11.9 Å². The maximum absolute atomic E-state index is 9.85. The molecule has 9 nitrogen and oxygen atoms in total. The van der Waals surface area contributed by atoms with Gasteiger partial charge in [-0.25, -0.2) is 0 Å². The summed E-state index contributed by atoms with van der Waals surface area (Å²) in [4.78, 5) is 37.6. The Morgan fingerprint density at radius 3 is 1.05 bits per heavy atom. The summed E-state index contributed by atoms with van der Waals surface area (Å²) in [5.74, 6) is -4.16. The predicted molar refractivity (Wildman–Crippen MR) is 83.1 cm³/mol. The van der Waals surface area contributed by atoms with Gasteiger partial charge in [0, 0.05) is 13.8 Å². The number of carbonyl (C=O) groups is 4. The van der Waals surface area contributed by atoms with Gasteiger partial charge in [-0.3, -0.25) is 19.2 Å². The molecule has 1 unspecified atom stereocenters. The van der Waals surface area contributed by atoms with Crippen LogP contribution in [-0.2, 0) is 19.2 Å². The van der Waals surface area contributed by atoms with Crippen molar-refractivity contribution in [1.29, 1.82) is 0 Å².